The van der Waals surface area contributed by atoms with Crippen molar-refractivity contribution in [2.45, 2.75) is 32.4 Å². The first-order valence-corrected chi connectivity index (χ1v) is 10.5. The monoisotopic (exact) mass is 424 g/mol. The average Bonchev–Trinajstić information content (AvgIpc) is 3.20. The molecule has 0 bridgehead atoms. The lowest BCUT2D eigenvalue weighted by atomic mass is 9.96. The van der Waals surface area contributed by atoms with Crippen LogP contribution in [0.25, 0.3) is 10.9 Å². The number of carbonyl (C=O) groups is 1. The minimum absolute atomic E-state index is 0.0149. The fourth-order valence-corrected chi connectivity index (χ4v) is 3.67. The Morgan fingerprint density at radius 1 is 1.06 bits per heavy atom. The molecule has 1 N–H and O–H groups in total. The molecule has 0 aliphatic rings. The number of nitrogens with zero attached hydrogens (tertiary/aromatic N) is 2. The maximum Gasteiger partial charge on any atom is 0.304 e. The number of hydrogen-bond acceptors (Lipinski definition) is 3. The van der Waals surface area contributed by atoms with Gasteiger partial charge in [0, 0.05) is 5.39 Å². The van der Waals surface area contributed by atoms with Crippen molar-refractivity contribution in [2.75, 3.05) is 0 Å². The summed E-state index contributed by atoms with van der Waals surface area (Å²) in [5, 5.41) is 14.7. The van der Waals surface area contributed by atoms with Crippen LogP contribution in [0.15, 0.2) is 79.0 Å². The molecule has 0 fully saturated rings. The van der Waals surface area contributed by atoms with Crippen LogP contribution in [0, 0.1) is 11.8 Å². The summed E-state index contributed by atoms with van der Waals surface area (Å²) in [7, 11) is 0. The Labute approximate surface area is 187 Å². The molecule has 0 aliphatic carbocycles. The van der Waals surface area contributed by atoms with Gasteiger partial charge < -0.3 is 9.84 Å². The molecule has 0 aliphatic heterocycles. The number of aromatic nitrogens is 2. The Balaban J connectivity index is 1.41. The van der Waals surface area contributed by atoms with E-state index >= 15 is 0 Å². The average molecular weight is 425 g/mol. The number of rotatable bonds is 8. The molecular weight excluding hydrogens is 400 g/mol. The fourth-order valence-electron chi connectivity index (χ4n) is 3.67. The van der Waals surface area contributed by atoms with Gasteiger partial charge in [-0.1, -0.05) is 54.5 Å². The number of hydrogen-bond donors (Lipinski definition) is 1. The van der Waals surface area contributed by atoms with E-state index in [0.717, 1.165) is 34.3 Å². The van der Waals surface area contributed by atoms with E-state index in [1.165, 1.54) is 5.56 Å². The number of carboxylic acids is 1. The summed E-state index contributed by atoms with van der Waals surface area (Å²) in [6, 6.07) is 24.0. The summed E-state index contributed by atoms with van der Waals surface area (Å²) >= 11 is 0. The van der Waals surface area contributed by atoms with Gasteiger partial charge in [-0.05, 0) is 47.9 Å². The standard InChI is InChI=1S/C27H24N2O3/c1-2-6-23(16-27(30)31)22-10-12-25(13-11-22)32-19-21-9-14-26-24(15-21)17-28-29(26)18-20-7-4-3-5-8-20/h3-5,7-15,17,23H,16,18-19H2,1H3,(H,30,31)/t23-/m0/s1. The lowest BCUT2D eigenvalue weighted by Crippen LogP contribution is -2.04. The quantitative estimate of drug-likeness (QED) is 0.393. The zero-order valence-electron chi connectivity index (χ0n) is 17.9. The van der Waals surface area contributed by atoms with Gasteiger partial charge in [0.15, 0.2) is 0 Å². The van der Waals surface area contributed by atoms with Gasteiger partial charge in [-0.3, -0.25) is 9.48 Å². The Hall–Kier alpha value is -4.04. The summed E-state index contributed by atoms with van der Waals surface area (Å²) in [6.07, 6.45) is 1.87. The zero-order valence-corrected chi connectivity index (χ0v) is 17.9. The van der Waals surface area contributed by atoms with Gasteiger partial charge >= 0.3 is 5.97 Å². The van der Waals surface area contributed by atoms with Crippen LogP contribution in [0.1, 0.15) is 36.0 Å². The van der Waals surface area contributed by atoms with E-state index in [1.54, 1.807) is 6.92 Å². The van der Waals surface area contributed by atoms with Gasteiger partial charge in [-0.15, -0.1) is 5.92 Å². The number of fused-ring (bicyclic) bond motifs is 1. The van der Waals surface area contributed by atoms with Gasteiger partial charge in [-0.2, -0.15) is 5.10 Å². The second-order valence-corrected chi connectivity index (χ2v) is 7.58. The molecule has 5 nitrogen and oxygen atoms in total. The molecule has 5 heteroatoms. The molecule has 1 atom stereocenters. The topological polar surface area (TPSA) is 64.3 Å². The highest BCUT2D eigenvalue weighted by Crippen LogP contribution is 2.23. The maximum atomic E-state index is 11.1. The number of aliphatic carboxylic acids is 1. The maximum absolute atomic E-state index is 11.1. The van der Waals surface area contributed by atoms with Crippen molar-refractivity contribution in [2.24, 2.45) is 0 Å². The molecule has 0 unspecified atom stereocenters. The number of benzene rings is 3. The first-order chi connectivity index (χ1) is 15.6. The van der Waals surface area contributed by atoms with Crippen LogP contribution in [0.2, 0.25) is 0 Å². The van der Waals surface area contributed by atoms with Gasteiger partial charge in [0.2, 0.25) is 0 Å². The van der Waals surface area contributed by atoms with Gasteiger partial charge in [-0.25, -0.2) is 0 Å². The van der Waals surface area contributed by atoms with Crippen LogP contribution in [-0.2, 0) is 17.9 Å². The lowest BCUT2D eigenvalue weighted by molar-refractivity contribution is -0.137. The molecule has 0 radical (unpaired) electrons. The van der Waals surface area contributed by atoms with Crippen molar-refractivity contribution in [3.8, 4) is 17.6 Å². The third-order valence-corrected chi connectivity index (χ3v) is 5.27. The predicted octanol–water partition coefficient (Wildman–Crippen LogP) is 5.25. The second kappa shape index (κ2) is 9.84. The normalized spacial score (nSPS) is 11.5. The summed E-state index contributed by atoms with van der Waals surface area (Å²) in [6.45, 7) is 2.89. The summed E-state index contributed by atoms with van der Waals surface area (Å²) in [4.78, 5) is 11.1. The third kappa shape index (κ3) is 5.16. The van der Waals surface area contributed by atoms with Crippen LogP contribution in [0.4, 0.5) is 0 Å². The summed E-state index contributed by atoms with van der Waals surface area (Å²) in [5.74, 6) is 5.32. The third-order valence-electron chi connectivity index (χ3n) is 5.27. The minimum atomic E-state index is -0.861. The van der Waals surface area contributed by atoms with E-state index in [2.05, 4.69) is 47.3 Å². The Morgan fingerprint density at radius 2 is 1.84 bits per heavy atom. The number of carboxylic acid groups (broad SMARTS) is 1. The Bertz CT molecular complexity index is 1270. The second-order valence-electron chi connectivity index (χ2n) is 7.58. The van der Waals surface area contributed by atoms with Crippen molar-refractivity contribution in [1.82, 2.24) is 9.78 Å². The highest BCUT2D eigenvalue weighted by atomic mass is 16.5. The van der Waals surface area contributed by atoms with Crippen LogP contribution < -0.4 is 4.74 Å². The largest absolute Gasteiger partial charge is 0.489 e. The minimum Gasteiger partial charge on any atom is -0.489 e. The molecule has 0 amide bonds. The van der Waals surface area contributed by atoms with Gasteiger partial charge in [0.05, 0.1) is 30.6 Å². The van der Waals surface area contributed by atoms with Gasteiger partial charge in [0.1, 0.15) is 12.4 Å². The molecule has 3 aromatic carbocycles. The molecule has 0 spiro atoms. The van der Waals surface area contributed by atoms with E-state index < -0.39 is 5.97 Å². The van der Waals surface area contributed by atoms with E-state index in [4.69, 9.17) is 9.84 Å². The van der Waals surface area contributed by atoms with Crippen molar-refractivity contribution < 1.29 is 14.6 Å². The smallest absolute Gasteiger partial charge is 0.304 e. The van der Waals surface area contributed by atoms with Crippen molar-refractivity contribution in [1.29, 1.82) is 0 Å². The summed E-state index contributed by atoms with van der Waals surface area (Å²) < 4.78 is 7.94. The lowest BCUT2D eigenvalue weighted by Gasteiger charge is -2.11. The molecule has 0 saturated heterocycles. The van der Waals surface area contributed by atoms with E-state index in [1.807, 2.05) is 53.3 Å². The molecular formula is C27H24N2O3. The molecule has 32 heavy (non-hydrogen) atoms. The van der Waals surface area contributed by atoms with Crippen molar-refractivity contribution >= 4 is 16.9 Å². The highest BCUT2D eigenvalue weighted by Gasteiger charge is 2.13. The molecule has 1 heterocycles. The van der Waals surface area contributed by atoms with E-state index in [0.29, 0.717) is 6.61 Å². The summed E-state index contributed by atoms with van der Waals surface area (Å²) in [5.41, 5.74) is 4.23. The van der Waals surface area contributed by atoms with Crippen LogP contribution >= 0.6 is 0 Å². The zero-order chi connectivity index (χ0) is 22.3. The van der Waals surface area contributed by atoms with Crippen LogP contribution in [-0.4, -0.2) is 20.9 Å². The molecule has 4 aromatic rings. The van der Waals surface area contributed by atoms with Crippen molar-refractivity contribution in [3.05, 3.63) is 95.7 Å². The number of ether oxygens (including phenoxy) is 1. The van der Waals surface area contributed by atoms with Crippen LogP contribution in [0.3, 0.4) is 0 Å². The van der Waals surface area contributed by atoms with E-state index in [-0.39, 0.29) is 12.3 Å². The van der Waals surface area contributed by atoms with Crippen molar-refractivity contribution in [3.63, 3.8) is 0 Å². The Kier molecular flexibility index (Phi) is 6.52. The van der Waals surface area contributed by atoms with Gasteiger partial charge in [0.25, 0.3) is 0 Å². The van der Waals surface area contributed by atoms with Crippen LogP contribution in [0.5, 0.6) is 5.75 Å². The fraction of sp³-hybridized carbons (Fsp3) is 0.185. The SMILES string of the molecule is CC#C[C@@H](CC(=O)O)c1ccc(OCc2ccc3c(cnn3Cc3ccccc3)c2)cc1. The molecule has 4 rings (SSSR count). The molecule has 1 aromatic heterocycles. The molecule has 0 saturated carbocycles. The first kappa shape index (κ1) is 21.2. The van der Waals surface area contributed by atoms with E-state index in [9.17, 15) is 4.79 Å². The molecule has 160 valence electrons. The Morgan fingerprint density at radius 3 is 2.56 bits per heavy atom. The first-order valence-electron chi connectivity index (χ1n) is 10.5. The highest BCUT2D eigenvalue weighted by molar-refractivity contribution is 5.79. The predicted molar refractivity (Wildman–Crippen MR) is 124 cm³/mol.